The van der Waals surface area contributed by atoms with E-state index in [1.165, 1.54) is 6.20 Å². The summed E-state index contributed by atoms with van der Waals surface area (Å²) < 4.78 is 6.36. The first kappa shape index (κ1) is 23.1. The zero-order valence-corrected chi connectivity index (χ0v) is 16.4. The van der Waals surface area contributed by atoms with Gasteiger partial charge < -0.3 is 10.4 Å². The van der Waals surface area contributed by atoms with E-state index in [4.69, 9.17) is 18.4 Å². The van der Waals surface area contributed by atoms with Gasteiger partial charge in [-0.2, -0.15) is 10.4 Å². The molecule has 1 aromatic carbocycles. The second-order valence-electron chi connectivity index (χ2n) is 4.29. The molecule has 138 valence electrons. The number of fused-ring (bicyclic) bond motifs is 1. The maximum atomic E-state index is 9.19. The number of anilines is 1. The Kier molecular flexibility index (Phi) is 11.0. The van der Waals surface area contributed by atoms with Crippen LogP contribution in [0.15, 0.2) is 42.7 Å². The Morgan fingerprint density at radius 1 is 1.12 bits per heavy atom. The summed E-state index contributed by atoms with van der Waals surface area (Å²) in [5.74, 6) is 0.455. The van der Waals surface area contributed by atoms with Gasteiger partial charge in [0.25, 0.3) is 0 Å². The molecule has 0 saturated heterocycles. The molecule has 2 N–H and O–H groups in total. The summed E-state index contributed by atoms with van der Waals surface area (Å²) >= 11 is 0. The predicted octanol–water partition coefficient (Wildman–Crippen LogP) is 5.24. The molecule has 26 heavy (non-hydrogen) atoms. The van der Waals surface area contributed by atoms with E-state index in [1.807, 2.05) is 53.7 Å². The van der Waals surface area contributed by atoms with Crippen LogP contribution in [-0.2, 0) is 0 Å². The average molecular weight is 353 g/mol. The highest BCUT2D eigenvalue weighted by Gasteiger charge is 2.12. The molecule has 3 rings (SSSR count). The number of hydrogen-bond donors (Lipinski definition) is 1. The number of hydrogen-bond acceptors (Lipinski definition) is 4. The molecule has 0 amide bonds. The van der Waals surface area contributed by atoms with Crippen molar-refractivity contribution < 1.29 is 6.08 Å². The van der Waals surface area contributed by atoms with E-state index < -0.39 is 0 Å². The Bertz CT molecular complexity index is 826. The van der Waals surface area contributed by atoms with Crippen LogP contribution in [0.3, 0.4) is 0 Å². The van der Waals surface area contributed by atoms with Gasteiger partial charge in [0.05, 0.1) is 23.5 Å². The van der Waals surface area contributed by atoms with Crippen LogP contribution in [0.4, 0.5) is 5.69 Å². The third kappa shape index (κ3) is 5.28. The van der Waals surface area contributed by atoms with E-state index in [9.17, 15) is 5.26 Å². The molecule has 0 atom stereocenters. The number of nitriles is 1. The zero-order valence-electron chi connectivity index (χ0n) is 16.4. The highest BCUT2D eigenvalue weighted by atomic mass is 16.4. The molecule has 0 aliphatic carbocycles. The molecule has 6 heteroatoms. The van der Waals surface area contributed by atoms with Gasteiger partial charge in [-0.3, -0.25) is 0 Å². The van der Waals surface area contributed by atoms with Crippen molar-refractivity contribution in [1.29, 1.82) is 5.26 Å². The van der Waals surface area contributed by atoms with Crippen LogP contribution in [-0.4, -0.2) is 17.7 Å². The number of nitrogens with zero attached hydrogens (tertiary/aromatic N) is 3. The maximum Gasteiger partial charge on any atom is 0.374 e. The highest BCUT2D eigenvalue weighted by molar-refractivity contribution is 6.00. The second-order valence-corrected chi connectivity index (χ2v) is 4.29. The third-order valence-electron chi connectivity index (χ3n) is 3.06. The Morgan fingerprint density at radius 3 is 2.19 bits per heavy atom. The van der Waals surface area contributed by atoms with Crippen LogP contribution in [0.25, 0.3) is 16.6 Å². The Morgan fingerprint density at radius 2 is 1.69 bits per heavy atom. The van der Waals surface area contributed by atoms with Gasteiger partial charge in [0, 0.05) is 12.7 Å². The molecule has 2 aromatic heterocycles. The van der Waals surface area contributed by atoms with Crippen molar-refractivity contribution in [2.24, 2.45) is 0 Å². The number of nitrogen functional groups attached to an aromatic ring is 1. The zero-order chi connectivity index (χ0) is 20.1. The highest BCUT2D eigenvalue weighted by Crippen LogP contribution is 2.30. The van der Waals surface area contributed by atoms with Crippen molar-refractivity contribution in [3.05, 3.63) is 48.3 Å². The van der Waals surface area contributed by atoms with Crippen LogP contribution in [0.5, 0.6) is 5.75 Å². The van der Waals surface area contributed by atoms with Crippen LogP contribution < -0.4 is 10.4 Å². The largest absolute Gasteiger partial charge is 0.567 e. The molecule has 0 saturated carbocycles. The minimum atomic E-state index is 0. The first-order valence-corrected chi connectivity index (χ1v) is 8.87. The standard InChI is InChI=1S/C14H9BN4O.3C2H6.H2/c15-20-12-5-13(9-1-3-11(17)4-2-9)14-10(6-16)7-18-19(14)8-12;3*1-2;/h1-5,7-8H,17H2;3*1-2H3;1H/i;;;;1+1. The summed E-state index contributed by atoms with van der Waals surface area (Å²) in [7, 11) is 5.23. The van der Waals surface area contributed by atoms with E-state index >= 15 is 0 Å². The molecular weight excluding hydrogens is 323 g/mol. The number of aromatic nitrogens is 2. The molecule has 0 aliphatic heterocycles. The van der Waals surface area contributed by atoms with Crippen LogP contribution in [0, 0.1) is 11.3 Å². The lowest BCUT2D eigenvalue weighted by Crippen LogP contribution is -1.95. The van der Waals surface area contributed by atoms with E-state index in [0.29, 0.717) is 22.5 Å². The summed E-state index contributed by atoms with van der Waals surface area (Å²) in [4.78, 5) is 0. The van der Waals surface area contributed by atoms with Gasteiger partial charge in [-0.05, 0) is 23.8 Å². The second kappa shape index (κ2) is 12.4. The summed E-state index contributed by atoms with van der Waals surface area (Å²) in [6.45, 7) is 12.0. The van der Waals surface area contributed by atoms with Crippen molar-refractivity contribution >= 4 is 19.3 Å². The van der Waals surface area contributed by atoms with Crippen molar-refractivity contribution in [2.75, 3.05) is 5.73 Å². The molecule has 2 heterocycles. The smallest absolute Gasteiger partial charge is 0.374 e. The minimum absolute atomic E-state index is 0. The van der Waals surface area contributed by atoms with E-state index in [1.54, 1.807) is 28.9 Å². The van der Waals surface area contributed by atoms with E-state index in [2.05, 4.69) is 11.2 Å². The van der Waals surface area contributed by atoms with Crippen molar-refractivity contribution in [3.8, 4) is 22.9 Å². The minimum Gasteiger partial charge on any atom is -0.567 e. The maximum absolute atomic E-state index is 9.19. The number of benzene rings is 1. The molecule has 3 aromatic rings. The van der Waals surface area contributed by atoms with Gasteiger partial charge in [0.2, 0.25) is 0 Å². The Hall–Kier alpha value is -2.94. The predicted molar refractivity (Wildman–Crippen MR) is 112 cm³/mol. The lowest BCUT2D eigenvalue weighted by molar-refractivity contribution is 0.608. The van der Waals surface area contributed by atoms with E-state index in [-0.39, 0.29) is 1.43 Å². The number of rotatable bonds is 2. The van der Waals surface area contributed by atoms with Crippen LogP contribution in [0.1, 0.15) is 48.5 Å². The van der Waals surface area contributed by atoms with Gasteiger partial charge >= 0.3 is 8.05 Å². The summed E-state index contributed by atoms with van der Waals surface area (Å²) in [5.41, 5.74) is 9.27. The Balaban J connectivity index is 0. The molecular formula is C20H29BN4O. The molecule has 0 spiro atoms. The summed E-state index contributed by atoms with van der Waals surface area (Å²) in [5, 5.41) is 13.3. The fourth-order valence-electron chi connectivity index (χ4n) is 2.13. The average Bonchev–Trinajstić information content (AvgIpc) is 3.15. The summed E-state index contributed by atoms with van der Waals surface area (Å²) in [6.07, 6.45) is 3.13. The van der Waals surface area contributed by atoms with Gasteiger partial charge in [0.15, 0.2) is 0 Å². The van der Waals surface area contributed by atoms with Crippen molar-refractivity contribution in [1.82, 2.24) is 9.61 Å². The monoisotopic (exact) mass is 353 g/mol. The fraction of sp³-hybridized carbons (Fsp3) is 0.300. The molecule has 0 fully saturated rings. The van der Waals surface area contributed by atoms with Gasteiger partial charge in [-0.1, -0.05) is 53.7 Å². The van der Waals surface area contributed by atoms with Crippen LogP contribution in [0.2, 0.25) is 0 Å². The lowest BCUT2D eigenvalue weighted by atomic mass is 10.0. The van der Waals surface area contributed by atoms with Crippen molar-refractivity contribution in [3.63, 3.8) is 0 Å². The van der Waals surface area contributed by atoms with Crippen LogP contribution >= 0.6 is 0 Å². The molecule has 2 radical (unpaired) electrons. The fourth-order valence-corrected chi connectivity index (χ4v) is 2.13. The molecule has 0 aliphatic rings. The SMILES string of the molecule is CC.CC.CC.[2HH].[B]Oc1cc(-c2ccc(N)cc2)c2c(C#N)cnn2c1. The third-order valence-corrected chi connectivity index (χ3v) is 3.06. The van der Waals surface area contributed by atoms with Gasteiger partial charge in [-0.25, -0.2) is 4.52 Å². The first-order chi connectivity index (χ1) is 12.7. The van der Waals surface area contributed by atoms with Crippen molar-refractivity contribution in [2.45, 2.75) is 41.5 Å². The first-order valence-electron chi connectivity index (χ1n) is 8.87. The number of pyridine rings is 1. The van der Waals surface area contributed by atoms with Gasteiger partial charge in [-0.15, -0.1) is 0 Å². The Labute approximate surface area is 159 Å². The normalized spacial score (nSPS) is 8.65. The quantitative estimate of drug-likeness (QED) is 0.505. The number of nitrogens with two attached hydrogens (primary N) is 1. The topological polar surface area (TPSA) is 76.3 Å². The molecule has 0 bridgehead atoms. The molecule has 0 unspecified atom stereocenters. The van der Waals surface area contributed by atoms with E-state index in [0.717, 1.165) is 11.1 Å². The molecule has 5 nitrogen and oxygen atoms in total. The summed E-state index contributed by atoms with van der Waals surface area (Å²) in [6, 6.07) is 11.2. The lowest BCUT2D eigenvalue weighted by Gasteiger charge is -2.09. The van der Waals surface area contributed by atoms with Gasteiger partial charge in [0.1, 0.15) is 11.8 Å².